The summed E-state index contributed by atoms with van der Waals surface area (Å²) in [5.41, 5.74) is 6.24. The highest BCUT2D eigenvalue weighted by atomic mass is 19.1. The number of carbonyl (C=O) groups is 1. The zero-order valence-corrected chi connectivity index (χ0v) is 10.5. The average Bonchev–Trinajstić information content (AvgIpc) is 2.30. The third-order valence-electron chi connectivity index (χ3n) is 2.94. The SMILES string of the molecule is CCC(C)(N)C(=O)NCc1ccc(C)c(F)c1. The number of hydrogen-bond donors (Lipinski definition) is 2. The van der Waals surface area contributed by atoms with Gasteiger partial charge in [0.1, 0.15) is 5.82 Å². The van der Waals surface area contributed by atoms with Gasteiger partial charge in [-0.3, -0.25) is 4.79 Å². The van der Waals surface area contributed by atoms with Gasteiger partial charge in [0.2, 0.25) is 5.91 Å². The summed E-state index contributed by atoms with van der Waals surface area (Å²) < 4.78 is 13.3. The van der Waals surface area contributed by atoms with E-state index in [0.717, 1.165) is 5.56 Å². The summed E-state index contributed by atoms with van der Waals surface area (Å²) >= 11 is 0. The topological polar surface area (TPSA) is 55.1 Å². The molecule has 0 saturated heterocycles. The summed E-state index contributed by atoms with van der Waals surface area (Å²) in [6.45, 7) is 5.53. The van der Waals surface area contributed by atoms with Crippen molar-refractivity contribution in [2.45, 2.75) is 39.3 Å². The number of aryl methyl sites for hydroxylation is 1. The van der Waals surface area contributed by atoms with Crippen molar-refractivity contribution in [3.8, 4) is 0 Å². The quantitative estimate of drug-likeness (QED) is 0.841. The van der Waals surface area contributed by atoms with Crippen molar-refractivity contribution in [3.63, 3.8) is 0 Å². The Hall–Kier alpha value is -1.42. The Morgan fingerprint density at radius 2 is 2.18 bits per heavy atom. The maximum atomic E-state index is 13.3. The van der Waals surface area contributed by atoms with Crippen LogP contribution in [0.25, 0.3) is 0 Å². The van der Waals surface area contributed by atoms with Crippen molar-refractivity contribution in [2.75, 3.05) is 0 Å². The molecule has 0 saturated carbocycles. The normalized spacial score (nSPS) is 14.2. The number of amides is 1. The Morgan fingerprint density at radius 1 is 1.53 bits per heavy atom. The highest BCUT2D eigenvalue weighted by Gasteiger charge is 2.25. The van der Waals surface area contributed by atoms with Gasteiger partial charge in [-0.25, -0.2) is 4.39 Å². The van der Waals surface area contributed by atoms with Crippen molar-refractivity contribution in [3.05, 3.63) is 35.1 Å². The van der Waals surface area contributed by atoms with Crippen LogP contribution in [0.1, 0.15) is 31.4 Å². The third kappa shape index (κ3) is 3.53. The van der Waals surface area contributed by atoms with Crippen LogP contribution in [-0.4, -0.2) is 11.4 Å². The molecular formula is C13H19FN2O. The first-order valence-corrected chi connectivity index (χ1v) is 5.69. The van der Waals surface area contributed by atoms with Gasteiger partial charge < -0.3 is 11.1 Å². The molecule has 0 heterocycles. The van der Waals surface area contributed by atoms with Crippen LogP contribution < -0.4 is 11.1 Å². The molecule has 1 rings (SSSR count). The Morgan fingerprint density at radius 3 is 2.71 bits per heavy atom. The Balaban J connectivity index is 2.62. The summed E-state index contributed by atoms with van der Waals surface area (Å²) in [6, 6.07) is 4.91. The van der Waals surface area contributed by atoms with Gasteiger partial charge in [0.05, 0.1) is 5.54 Å². The molecule has 3 N–H and O–H groups in total. The molecule has 0 aliphatic heterocycles. The van der Waals surface area contributed by atoms with Gasteiger partial charge in [-0.05, 0) is 37.5 Å². The van der Waals surface area contributed by atoms with Crippen LogP contribution in [-0.2, 0) is 11.3 Å². The van der Waals surface area contributed by atoms with E-state index in [2.05, 4.69) is 5.32 Å². The van der Waals surface area contributed by atoms with Crippen LogP contribution in [0.4, 0.5) is 4.39 Å². The molecule has 4 heteroatoms. The molecule has 94 valence electrons. The number of rotatable bonds is 4. The second kappa shape index (κ2) is 5.27. The minimum Gasteiger partial charge on any atom is -0.350 e. The molecule has 0 bridgehead atoms. The van der Waals surface area contributed by atoms with Gasteiger partial charge in [-0.15, -0.1) is 0 Å². The van der Waals surface area contributed by atoms with Gasteiger partial charge in [0.25, 0.3) is 0 Å². The highest BCUT2D eigenvalue weighted by molar-refractivity contribution is 5.85. The molecule has 3 nitrogen and oxygen atoms in total. The first kappa shape index (κ1) is 13.6. The van der Waals surface area contributed by atoms with E-state index >= 15 is 0 Å². The molecular weight excluding hydrogens is 219 g/mol. The van der Waals surface area contributed by atoms with E-state index in [-0.39, 0.29) is 11.7 Å². The number of hydrogen-bond acceptors (Lipinski definition) is 2. The summed E-state index contributed by atoms with van der Waals surface area (Å²) in [7, 11) is 0. The fraction of sp³-hybridized carbons (Fsp3) is 0.462. The molecule has 0 spiro atoms. The summed E-state index contributed by atoms with van der Waals surface area (Å²) in [5.74, 6) is -0.483. The fourth-order valence-corrected chi connectivity index (χ4v) is 1.29. The molecule has 0 radical (unpaired) electrons. The first-order valence-electron chi connectivity index (χ1n) is 5.69. The lowest BCUT2D eigenvalue weighted by Gasteiger charge is -2.21. The fourth-order valence-electron chi connectivity index (χ4n) is 1.29. The first-order chi connectivity index (χ1) is 7.86. The smallest absolute Gasteiger partial charge is 0.240 e. The van der Waals surface area contributed by atoms with Crippen LogP contribution in [0, 0.1) is 12.7 Å². The Kier molecular flexibility index (Phi) is 4.23. The molecule has 0 fully saturated rings. The second-order valence-corrected chi connectivity index (χ2v) is 4.54. The molecule has 0 aromatic heterocycles. The van der Waals surface area contributed by atoms with E-state index in [0.29, 0.717) is 18.5 Å². The lowest BCUT2D eigenvalue weighted by atomic mass is 9.99. The monoisotopic (exact) mass is 238 g/mol. The molecule has 1 aromatic rings. The third-order valence-corrected chi connectivity index (χ3v) is 2.94. The molecule has 1 atom stereocenters. The number of nitrogens with one attached hydrogen (secondary N) is 1. The predicted molar refractivity (Wildman–Crippen MR) is 65.9 cm³/mol. The van der Waals surface area contributed by atoms with Crippen LogP contribution in [0.15, 0.2) is 18.2 Å². The molecule has 1 unspecified atom stereocenters. The summed E-state index contributed by atoms with van der Waals surface area (Å²) in [5, 5.41) is 2.71. The standard InChI is InChI=1S/C13H19FN2O/c1-4-13(3,15)12(17)16-8-10-6-5-9(2)11(14)7-10/h5-7H,4,8,15H2,1-3H3,(H,16,17). The maximum absolute atomic E-state index is 13.3. The minimum atomic E-state index is -0.872. The lowest BCUT2D eigenvalue weighted by Crippen LogP contribution is -2.50. The van der Waals surface area contributed by atoms with Gasteiger partial charge in [-0.2, -0.15) is 0 Å². The number of nitrogens with two attached hydrogens (primary N) is 1. The minimum absolute atomic E-state index is 0.221. The van der Waals surface area contributed by atoms with Crippen LogP contribution in [0.5, 0.6) is 0 Å². The molecule has 1 aromatic carbocycles. The molecule has 17 heavy (non-hydrogen) atoms. The van der Waals surface area contributed by atoms with E-state index in [9.17, 15) is 9.18 Å². The molecule has 0 aliphatic carbocycles. The number of carbonyl (C=O) groups excluding carboxylic acids is 1. The Bertz CT molecular complexity index is 416. The molecule has 0 aliphatic rings. The van der Waals surface area contributed by atoms with Crippen molar-refractivity contribution in [1.82, 2.24) is 5.32 Å². The van der Waals surface area contributed by atoms with E-state index in [1.807, 2.05) is 6.92 Å². The molecule has 1 amide bonds. The number of benzene rings is 1. The average molecular weight is 238 g/mol. The van der Waals surface area contributed by atoms with E-state index in [1.165, 1.54) is 6.07 Å². The van der Waals surface area contributed by atoms with Gasteiger partial charge in [0.15, 0.2) is 0 Å². The lowest BCUT2D eigenvalue weighted by molar-refractivity contribution is -0.126. The summed E-state index contributed by atoms with van der Waals surface area (Å²) in [4.78, 5) is 11.7. The van der Waals surface area contributed by atoms with E-state index in [4.69, 9.17) is 5.73 Å². The largest absolute Gasteiger partial charge is 0.350 e. The van der Waals surface area contributed by atoms with Crippen molar-refractivity contribution in [2.24, 2.45) is 5.73 Å². The van der Waals surface area contributed by atoms with E-state index < -0.39 is 5.54 Å². The van der Waals surface area contributed by atoms with Crippen molar-refractivity contribution < 1.29 is 9.18 Å². The predicted octanol–water partition coefficient (Wildman–Crippen LogP) is 1.88. The zero-order valence-electron chi connectivity index (χ0n) is 10.5. The summed E-state index contributed by atoms with van der Waals surface area (Å²) in [6.07, 6.45) is 0.557. The number of halogens is 1. The van der Waals surface area contributed by atoms with Crippen LogP contribution >= 0.6 is 0 Å². The van der Waals surface area contributed by atoms with E-state index in [1.54, 1.807) is 26.0 Å². The Labute approximate surface area is 101 Å². The van der Waals surface area contributed by atoms with Crippen LogP contribution in [0.2, 0.25) is 0 Å². The van der Waals surface area contributed by atoms with Crippen molar-refractivity contribution in [1.29, 1.82) is 0 Å². The highest BCUT2D eigenvalue weighted by Crippen LogP contribution is 2.10. The van der Waals surface area contributed by atoms with Crippen LogP contribution in [0.3, 0.4) is 0 Å². The van der Waals surface area contributed by atoms with Crippen molar-refractivity contribution >= 4 is 5.91 Å². The maximum Gasteiger partial charge on any atom is 0.240 e. The zero-order chi connectivity index (χ0) is 13.1. The van der Waals surface area contributed by atoms with Gasteiger partial charge >= 0.3 is 0 Å². The van der Waals surface area contributed by atoms with Gasteiger partial charge in [0, 0.05) is 6.54 Å². The second-order valence-electron chi connectivity index (χ2n) is 4.54. The van der Waals surface area contributed by atoms with Gasteiger partial charge in [-0.1, -0.05) is 19.1 Å².